The second kappa shape index (κ2) is 10.7. The fourth-order valence-electron chi connectivity index (χ4n) is 7.53. The number of para-hydroxylation sites is 5. The Kier molecular flexibility index (Phi) is 5.86. The normalized spacial score (nSPS) is 11.9. The van der Waals surface area contributed by atoms with Crippen molar-refractivity contribution in [2.45, 2.75) is 0 Å². The van der Waals surface area contributed by atoms with Gasteiger partial charge in [0.2, 0.25) is 0 Å². The summed E-state index contributed by atoms with van der Waals surface area (Å²) < 4.78 is 14.8. The van der Waals surface area contributed by atoms with E-state index in [1.807, 2.05) is 60.7 Å². The molecule has 0 unspecified atom stereocenters. The fraction of sp³-hybridized carbons (Fsp3) is 0. The second-order valence-corrected chi connectivity index (χ2v) is 12.8. The minimum absolute atomic E-state index is 0.564. The molecule has 4 aromatic heterocycles. The minimum atomic E-state index is 0.564. The van der Waals surface area contributed by atoms with Crippen molar-refractivity contribution in [3.05, 3.63) is 158 Å². The van der Waals surface area contributed by atoms with Gasteiger partial charge in [0.05, 0.1) is 11.0 Å². The summed E-state index contributed by atoms with van der Waals surface area (Å²) in [4.78, 5) is 15.6. The quantitative estimate of drug-likeness (QED) is 0.189. The predicted molar refractivity (Wildman–Crippen MR) is 205 cm³/mol. The number of nitrogens with zero attached hydrogens (tertiary/aromatic N) is 4. The van der Waals surface area contributed by atoms with Crippen molar-refractivity contribution < 1.29 is 8.83 Å². The van der Waals surface area contributed by atoms with Gasteiger partial charge in [0.1, 0.15) is 22.3 Å². The van der Waals surface area contributed by atoms with E-state index in [1.165, 1.54) is 5.39 Å². The Morgan fingerprint density at radius 2 is 0.941 bits per heavy atom. The highest BCUT2D eigenvalue weighted by atomic mass is 16.3. The average molecular weight is 655 g/mol. The molecule has 0 aliphatic carbocycles. The van der Waals surface area contributed by atoms with Crippen molar-refractivity contribution in [2.24, 2.45) is 0 Å². The Hall–Kier alpha value is -7.05. The second-order valence-electron chi connectivity index (χ2n) is 12.8. The third kappa shape index (κ3) is 4.26. The molecule has 4 heterocycles. The summed E-state index contributed by atoms with van der Waals surface area (Å²) in [6.07, 6.45) is 0. The Morgan fingerprint density at radius 3 is 1.75 bits per heavy atom. The van der Waals surface area contributed by atoms with Crippen LogP contribution < -0.4 is 0 Å². The van der Waals surface area contributed by atoms with E-state index in [2.05, 4.69) is 102 Å². The summed E-state index contributed by atoms with van der Waals surface area (Å²) in [5.74, 6) is 1.72. The largest absolute Gasteiger partial charge is 0.456 e. The molecule has 0 amide bonds. The number of fused-ring (bicyclic) bond motifs is 9. The lowest BCUT2D eigenvalue weighted by Gasteiger charge is -2.12. The van der Waals surface area contributed by atoms with Crippen LogP contribution in [0, 0.1) is 0 Å². The molecule has 0 spiro atoms. The molecule has 238 valence electrons. The van der Waals surface area contributed by atoms with Crippen LogP contribution in [0.3, 0.4) is 0 Å². The highest BCUT2D eigenvalue weighted by molar-refractivity contribution is 6.13. The van der Waals surface area contributed by atoms with Gasteiger partial charge >= 0.3 is 0 Å². The molecule has 11 rings (SSSR count). The van der Waals surface area contributed by atoms with E-state index in [9.17, 15) is 0 Å². The molecular formula is C45H26N4O2. The number of furan rings is 2. The molecule has 0 saturated carbocycles. The Bertz CT molecular complexity index is 3150. The molecule has 6 heteroatoms. The highest BCUT2D eigenvalue weighted by Crippen LogP contribution is 2.39. The number of hydrogen-bond donors (Lipinski definition) is 0. The third-order valence-corrected chi connectivity index (χ3v) is 9.86. The van der Waals surface area contributed by atoms with Gasteiger partial charge in [0.15, 0.2) is 17.5 Å². The fourth-order valence-corrected chi connectivity index (χ4v) is 7.53. The highest BCUT2D eigenvalue weighted by Gasteiger charge is 2.21. The smallest absolute Gasteiger partial charge is 0.166 e. The van der Waals surface area contributed by atoms with Crippen LogP contribution >= 0.6 is 0 Å². The SMILES string of the molecule is c1ccc(-n2c3ccccc3c3cccc(-c4nc(-c5ccc6c(c5)oc5ccccc56)nc(-c5ccc6oc7ccccc7c6c5)n4)c32)cc1. The third-order valence-electron chi connectivity index (χ3n) is 9.86. The Labute approximate surface area is 290 Å². The van der Waals surface area contributed by atoms with E-state index in [0.717, 1.165) is 82.7 Å². The first-order valence-electron chi connectivity index (χ1n) is 16.9. The van der Waals surface area contributed by atoms with Crippen molar-refractivity contribution in [3.8, 4) is 39.9 Å². The summed E-state index contributed by atoms with van der Waals surface area (Å²) in [6.45, 7) is 0. The van der Waals surface area contributed by atoms with Crippen LogP contribution in [0.4, 0.5) is 0 Å². The molecule has 0 aliphatic rings. The van der Waals surface area contributed by atoms with Gasteiger partial charge < -0.3 is 13.4 Å². The molecule has 51 heavy (non-hydrogen) atoms. The lowest BCUT2D eigenvalue weighted by atomic mass is 10.1. The van der Waals surface area contributed by atoms with Crippen LogP contribution in [-0.4, -0.2) is 19.5 Å². The van der Waals surface area contributed by atoms with Crippen LogP contribution in [0.2, 0.25) is 0 Å². The summed E-state index contributed by atoms with van der Waals surface area (Å²) in [5, 5.41) is 6.50. The molecule has 0 radical (unpaired) electrons. The Balaban J connectivity index is 1.20. The maximum atomic E-state index is 6.30. The molecule has 6 nitrogen and oxygen atoms in total. The Morgan fingerprint density at radius 1 is 0.373 bits per heavy atom. The molecule has 0 atom stereocenters. The van der Waals surface area contributed by atoms with Gasteiger partial charge in [-0.2, -0.15) is 0 Å². The zero-order chi connectivity index (χ0) is 33.5. The van der Waals surface area contributed by atoms with Crippen LogP contribution in [0.25, 0.3) is 106 Å². The van der Waals surface area contributed by atoms with Gasteiger partial charge in [-0.3, -0.25) is 0 Å². The van der Waals surface area contributed by atoms with Crippen molar-refractivity contribution in [1.29, 1.82) is 0 Å². The molecule has 11 aromatic rings. The van der Waals surface area contributed by atoms with Gasteiger partial charge in [0.25, 0.3) is 0 Å². The van der Waals surface area contributed by atoms with Gasteiger partial charge in [-0.05, 0) is 66.7 Å². The summed E-state index contributed by atoms with van der Waals surface area (Å²) in [7, 11) is 0. The van der Waals surface area contributed by atoms with Crippen LogP contribution in [0.5, 0.6) is 0 Å². The average Bonchev–Trinajstić information content (AvgIpc) is 3.87. The molecule has 0 saturated heterocycles. The summed E-state index contributed by atoms with van der Waals surface area (Å²) in [5.41, 5.74) is 9.16. The van der Waals surface area contributed by atoms with Gasteiger partial charge in [-0.15, -0.1) is 0 Å². The number of hydrogen-bond acceptors (Lipinski definition) is 5. The molecular weight excluding hydrogens is 629 g/mol. The first-order chi connectivity index (χ1) is 25.3. The van der Waals surface area contributed by atoms with Crippen molar-refractivity contribution in [2.75, 3.05) is 0 Å². The zero-order valence-electron chi connectivity index (χ0n) is 27.1. The lowest BCUT2D eigenvalue weighted by Crippen LogP contribution is -2.02. The standard InChI is InChI=1S/C45H26N4O2/c1-2-11-29(12-3-1)49-37-18-7-4-13-30(37)34-16-10-17-35(42(34)49)45-47-43(27-22-24-40-36(25-27)32-15-6-9-20-39(32)50-40)46-44(48-45)28-21-23-33-31-14-5-8-19-38(31)51-41(33)26-28/h1-26H. The van der Waals surface area contributed by atoms with Crippen LogP contribution in [-0.2, 0) is 0 Å². The van der Waals surface area contributed by atoms with Gasteiger partial charge in [-0.1, -0.05) is 91.0 Å². The lowest BCUT2D eigenvalue weighted by molar-refractivity contribution is 0.668. The first kappa shape index (κ1) is 27.9. The summed E-state index contributed by atoms with van der Waals surface area (Å²) >= 11 is 0. The van der Waals surface area contributed by atoms with Crippen molar-refractivity contribution in [1.82, 2.24) is 19.5 Å². The predicted octanol–water partition coefficient (Wildman–Crippen LogP) is 11.8. The monoisotopic (exact) mass is 654 g/mol. The molecule has 0 bridgehead atoms. The topological polar surface area (TPSA) is 69.9 Å². The minimum Gasteiger partial charge on any atom is -0.456 e. The van der Waals surface area contributed by atoms with E-state index < -0.39 is 0 Å². The molecule has 0 fully saturated rings. The van der Waals surface area contributed by atoms with E-state index in [0.29, 0.717) is 17.5 Å². The molecule has 0 N–H and O–H groups in total. The van der Waals surface area contributed by atoms with Crippen LogP contribution in [0.15, 0.2) is 167 Å². The summed E-state index contributed by atoms with van der Waals surface area (Å²) in [6, 6.07) is 53.9. The zero-order valence-corrected chi connectivity index (χ0v) is 27.1. The van der Waals surface area contributed by atoms with E-state index in [4.69, 9.17) is 23.8 Å². The van der Waals surface area contributed by atoms with E-state index >= 15 is 0 Å². The first-order valence-corrected chi connectivity index (χ1v) is 16.9. The molecule has 0 aliphatic heterocycles. The van der Waals surface area contributed by atoms with Gasteiger partial charge in [0, 0.05) is 54.7 Å². The van der Waals surface area contributed by atoms with Crippen LogP contribution in [0.1, 0.15) is 0 Å². The van der Waals surface area contributed by atoms with Crippen molar-refractivity contribution in [3.63, 3.8) is 0 Å². The van der Waals surface area contributed by atoms with Gasteiger partial charge in [-0.25, -0.2) is 15.0 Å². The molecule has 7 aromatic carbocycles. The van der Waals surface area contributed by atoms with E-state index in [-0.39, 0.29) is 0 Å². The maximum absolute atomic E-state index is 6.30. The van der Waals surface area contributed by atoms with Crippen molar-refractivity contribution >= 4 is 65.7 Å². The number of benzene rings is 7. The number of rotatable bonds is 4. The number of aromatic nitrogens is 4. The van der Waals surface area contributed by atoms with E-state index in [1.54, 1.807) is 0 Å². The maximum Gasteiger partial charge on any atom is 0.166 e.